The standard InChI is InChI=1S/C6H5Cl2/c7-5-3-1-2-4-6(5)8/h1-3,5-6H. The Morgan fingerprint density at radius 1 is 1.38 bits per heavy atom. The quantitative estimate of drug-likeness (QED) is 0.461. The molecule has 43 valence electrons. The Morgan fingerprint density at radius 2 is 2.12 bits per heavy atom. The van der Waals surface area contributed by atoms with Crippen molar-refractivity contribution in [2.75, 3.05) is 0 Å². The maximum atomic E-state index is 5.67. The van der Waals surface area contributed by atoms with Crippen molar-refractivity contribution in [1.82, 2.24) is 0 Å². The summed E-state index contributed by atoms with van der Waals surface area (Å²) < 4.78 is 0. The van der Waals surface area contributed by atoms with Gasteiger partial charge in [0.1, 0.15) is 0 Å². The topological polar surface area (TPSA) is 0 Å². The van der Waals surface area contributed by atoms with E-state index in [1.807, 2.05) is 12.2 Å². The number of hydrogen-bond donors (Lipinski definition) is 0. The molecule has 0 saturated heterocycles. The lowest BCUT2D eigenvalue weighted by atomic mass is 10.2. The maximum absolute atomic E-state index is 5.67. The molecule has 0 fully saturated rings. The second kappa shape index (κ2) is 2.56. The molecule has 1 rings (SSSR count). The van der Waals surface area contributed by atoms with Gasteiger partial charge >= 0.3 is 0 Å². The van der Waals surface area contributed by atoms with Gasteiger partial charge in [0.05, 0.1) is 10.8 Å². The first kappa shape index (κ1) is 6.18. The van der Waals surface area contributed by atoms with Crippen LogP contribution in [0.5, 0.6) is 0 Å². The van der Waals surface area contributed by atoms with Gasteiger partial charge in [-0.3, -0.25) is 0 Å². The van der Waals surface area contributed by atoms with E-state index in [1.165, 1.54) is 0 Å². The lowest BCUT2D eigenvalue weighted by Crippen LogP contribution is -2.11. The Bertz CT molecular complexity index is 110. The van der Waals surface area contributed by atoms with Crippen LogP contribution in [0.15, 0.2) is 18.2 Å². The van der Waals surface area contributed by atoms with Gasteiger partial charge in [-0.15, -0.1) is 23.2 Å². The fraction of sp³-hybridized carbons (Fsp3) is 0.333. The van der Waals surface area contributed by atoms with Gasteiger partial charge in [0.25, 0.3) is 0 Å². The summed E-state index contributed by atoms with van der Waals surface area (Å²) in [7, 11) is 0. The second-order valence-corrected chi connectivity index (χ2v) is 2.54. The fourth-order valence-corrected chi connectivity index (χ4v) is 0.812. The monoisotopic (exact) mass is 147 g/mol. The van der Waals surface area contributed by atoms with Crippen LogP contribution in [0.25, 0.3) is 0 Å². The van der Waals surface area contributed by atoms with E-state index in [2.05, 4.69) is 6.08 Å². The highest BCUT2D eigenvalue weighted by Crippen LogP contribution is 2.15. The predicted octanol–water partition coefficient (Wildman–Crippen LogP) is 2.13. The van der Waals surface area contributed by atoms with Crippen LogP contribution < -0.4 is 0 Å². The first-order valence-corrected chi connectivity index (χ1v) is 3.22. The molecule has 0 aliphatic heterocycles. The zero-order valence-corrected chi connectivity index (χ0v) is 5.65. The van der Waals surface area contributed by atoms with Crippen LogP contribution in [-0.2, 0) is 0 Å². The molecule has 0 aromatic rings. The summed E-state index contributed by atoms with van der Waals surface area (Å²) in [4.78, 5) is 0. The van der Waals surface area contributed by atoms with E-state index in [-0.39, 0.29) is 10.8 Å². The van der Waals surface area contributed by atoms with E-state index < -0.39 is 0 Å². The van der Waals surface area contributed by atoms with Crippen molar-refractivity contribution in [2.45, 2.75) is 10.8 Å². The normalized spacial score (nSPS) is 35.8. The Morgan fingerprint density at radius 3 is 2.50 bits per heavy atom. The minimum absolute atomic E-state index is 0.0818. The average molecular weight is 148 g/mol. The lowest BCUT2D eigenvalue weighted by molar-refractivity contribution is 1.03. The van der Waals surface area contributed by atoms with Crippen LogP contribution in [0.2, 0.25) is 0 Å². The number of allylic oxidation sites excluding steroid dienone is 4. The second-order valence-electron chi connectivity index (χ2n) is 1.56. The highest BCUT2D eigenvalue weighted by molar-refractivity contribution is 6.31. The average Bonchev–Trinajstić information content (AvgIpc) is 1.77. The molecule has 0 aromatic heterocycles. The first-order valence-electron chi connectivity index (χ1n) is 2.35. The summed E-state index contributed by atoms with van der Waals surface area (Å²) in [5.74, 6) is 0. The first-order chi connectivity index (χ1) is 3.80. The van der Waals surface area contributed by atoms with E-state index in [9.17, 15) is 0 Å². The van der Waals surface area contributed by atoms with E-state index in [0.29, 0.717) is 0 Å². The predicted molar refractivity (Wildman–Crippen MR) is 36.2 cm³/mol. The van der Waals surface area contributed by atoms with Gasteiger partial charge in [-0.1, -0.05) is 18.2 Å². The zero-order valence-electron chi connectivity index (χ0n) is 4.14. The largest absolute Gasteiger partial charge is 0.116 e. The van der Waals surface area contributed by atoms with Gasteiger partial charge in [-0.05, 0) is 6.08 Å². The number of halogens is 2. The molecule has 0 nitrogen and oxygen atoms in total. The van der Waals surface area contributed by atoms with Crippen molar-refractivity contribution in [3.63, 3.8) is 0 Å². The minimum atomic E-state index is -0.151. The zero-order chi connectivity index (χ0) is 5.98. The third kappa shape index (κ3) is 1.27. The third-order valence-electron chi connectivity index (χ3n) is 0.926. The van der Waals surface area contributed by atoms with Crippen molar-refractivity contribution in [3.05, 3.63) is 24.3 Å². The highest BCUT2D eigenvalue weighted by atomic mass is 35.5. The maximum Gasteiger partial charge on any atom is 0.0787 e. The summed E-state index contributed by atoms with van der Waals surface area (Å²) in [6, 6.07) is 0. The van der Waals surface area contributed by atoms with Crippen LogP contribution in [-0.4, -0.2) is 10.8 Å². The van der Waals surface area contributed by atoms with Gasteiger partial charge in [-0.25, -0.2) is 0 Å². The van der Waals surface area contributed by atoms with E-state index in [1.54, 1.807) is 6.08 Å². The molecule has 0 N–H and O–H groups in total. The van der Waals surface area contributed by atoms with Gasteiger partial charge in [0.15, 0.2) is 0 Å². The number of rotatable bonds is 0. The fourth-order valence-electron chi connectivity index (χ4n) is 0.499. The summed E-state index contributed by atoms with van der Waals surface area (Å²) in [5.41, 5.74) is 0. The van der Waals surface area contributed by atoms with Gasteiger partial charge < -0.3 is 0 Å². The van der Waals surface area contributed by atoms with Crippen molar-refractivity contribution in [2.24, 2.45) is 0 Å². The van der Waals surface area contributed by atoms with Crippen molar-refractivity contribution < 1.29 is 0 Å². The van der Waals surface area contributed by atoms with Crippen LogP contribution in [0.4, 0.5) is 0 Å². The molecule has 0 spiro atoms. The van der Waals surface area contributed by atoms with Gasteiger partial charge in [-0.2, -0.15) is 0 Å². The third-order valence-corrected chi connectivity index (χ3v) is 1.85. The van der Waals surface area contributed by atoms with Gasteiger partial charge in [0, 0.05) is 0 Å². The molecule has 2 unspecified atom stereocenters. The Labute approximate surface area is 58.8 Å². The Balaban J connectivity index is 2.59. The smallest absolute Gasteiger partial charge is 0.0787 e. The molecule has 0 aromatic carbocycles. The highest BCUT2D eigenvalue weighted by Gasteiger charge is 2.11. The van der Waals surface area contributed by atoms with E-state index in [4.69, 9.17) is 23.2 Å². The molecule has 1 aliphatic carbocycles. The molecular weight excluding hydrogens is 143 g/mol. The summed E-state index contributed by atoms with van der Waals surface area (Å²) in [6.45, 7) is 0. The molecule has 2 heteroatoms. The van der Waals surface area contributed by atoms with Crippen molar-refractivity contribution >= 4 is 23.2 Å². The molecule has 0 heterocycles. The molecule has 8 heavy (non-hydrogen) atoms. The van der Waals surface area contributed by atoms with Crippen LogP contribution in [0.3, 0.4) is 0 Å². The summed E-state index contributed by atoms with van der Waals surface area (Å²) in [5, 5.41) is -0.233. The Kier molecular flexibility index (Phi) is 1.98. The minimum Gasteiger partial charge on any atom is -0.116 e. The molecule has 0 bridgehead atoms. The van der Waals surface area contributed by atoms with Crippen molar-refractivity contribution in [3.8, 4) is 0 Å². The molecule has 2 atom stereocenters. The Hall–Kier alpha value is 0.0600. The molecule has 0 saturated carbocycles. The van der Waals surface area contributed by atoms with E-state index >= 15 is 0 Å². The molecule has 1 radical (unpaired) electrons. The van der Waals surface area contributed by atoms with Crippen LogP contribution >= 0.6 is 23.2 Å². The van der Waals surface area contributed by atoms with Crippen LogP contribution in [0, 0.1) is 6.08 Å². The molecular formula is C6H5Cl2. The lowest BCUT2D eigenvalue weighted by Gasteiger charge is -2.08. The van der Waals surface area contributed by atoms with Gasteiger partial charge in [0.2, 0.25) is 0 Å². The van der Waals surface area contributed by atoms with Crippen molar-refractivity contribution in [1.29, 1.82) is 0 Å². The number of hydrogen-bond acceptors (Lipinski definition) is 0. The van der Waals surface area contributed by atoms with E-state index in [0.717, 1.165) is 0 Å². The van der Waals surface area contributed by atoms with Crippen LogP contribution in [0.1, 0.15) is 0 Å². The summed E-state index contributed by atoms with van der Waals surface area (Å²) in [6.07, 6.45) is 8.31. The number of alkyl halides is 2. The summed E-state index contributed by atoms with van der Waals surface area (Å²) >= 11 is 11.3. The molecule has 1 aliphatic rings. The molecule has 0 amide bonds. The SMILES string of the molecule is ClC1[C]=CC=CC1Cl.